The quantitative estimate of drug-likeness (QED) is 0.621. The highest BCUT2D eigenvalue weighted by Gasteiger charge is 2.21. The Morgan fingerprint density at radius 2 is 1.83 bits per heavy atom. The summed E-state index contributed by atoms with van der Waals surface area (Å²) in [5.41, 5.74) is 0. The van der Waals surface area contributed by atoms with E-state index in [2.05, 4.69) is 6.58 Å². The maximum absolute atomic E-state index is 11.4. The van der Waals surface area contributed by atoms with Crippen LogP contribution in [0.3, 0.4) is 0 Å². The molecule has 1 fully saturated rings. The van der Waals surface area contributed by atoms with Crippen molar-refractivity contribution < 1.29 is 8.42 Å². The first-order chi connectivity index (χ1) is 5.67. The van der Waals surface area contributed by atoms with Crippen molar-refractivity contribution in [1.82, 2.24) is 4.31 Å². The van der Waals surface area contributed by atoms with Gasteiger partial charge in [0, 0.05) is 13.1 Å². The number of hydrogen-bond donors (Lipinski definition) is 0. The number of sulfonamides is 1. The third-order valence-electron chi connectivity index (χ3n) is 2.04. The molecule has 0 aliphatic carbocycles. The van der Waals surface area contributed by atoms with Crippen LogP contribution in [0.4, 0.5) is 0 Å². The van der Waals surface area contributed by atoms with Crippen LogP contribution in [-0.2, 0) is 10.0 Å². The van der Waals surface area contributed by atoms with E-state index in [1.54, 1.807) is 4.31 Å². The lowest BCUT2D eigenvalue weighted by molar-refractivity contribution is 0.348. The van der Waals surface area contributed by atoms with Gasteiger partial charge in [0.25, 0.3) is 0 Å². The summed E-state index contributed by atoms with van der Waals surface area (Å²) in [4.78, 5) is 0. The van der Waals surface area contributed by atoms with E-state index in [1.807, 2.05) is 0 Å². The predicted molar refractivity (Wildman–Crippen MR) is 49.4 cm³/mol. The van der Waals surface area contributed by atoms with Gasteiger partial charge in [-0.1, -0.05) is 12.5 Å². The SMILES string of the molecule is C=CCS(=O)(=O)N1CCCCC1. The second-order valence-electron chi connectivity index (χ2n) is 3.03. The Labute approximate surface area is 74.1 Å². The summed E-state index contributed by atoms with van der Waals surface area (Å²) in [6.45, 7) is 4.82. The third-order valence-corrected chi connectivity index (χ3v) is 3.85. The minimum Gasteiger partial charge on any atom is -0.212 e. The van der Waals surface area contributed by atoms with Crippen LogP contribution in [0.1, 0.15) is 19.3 Å². The van der Waals surface area contributed by atoms with Gasteiger partial charge in [-0.15, -0.1) is 6.58 Å². The lowest BCUT2D eigenvalue weighted by Gasteiger charge is -2.25. The van der Waals surface area contributed by atoms with Gasteiger partial charge in [-0.25, -0.2) is 12.7 Å². The summed E-state index contributed by atoms with van der Waals surface area (Å²) < 4.78 is 24.4. The van der Waals surface area contributed by atoms with Crippen LogP contribution in [0.15, 0.2) is 12.7 Å². The van der Waals surface area contributed by atoms with Gasteiger partial charge in [0.15, 0.2) is 0 Å². The smallest absolute Gasteiger partial charge is 0.212 e. The molecule has 3 nitrogen and oxygen atoms in total. The lowest BCUT2D eigenvalue weighted by atomic mass is 10.2. The molecule has 0 aromatic carbocycles. The Hall–Kier alpha value is -0.350. The molecule has 0 spiro atoms. The first kappa shape index (κ1) is 9.74. The molecule has 1 aliphatic rings. The Kier molecular flexibility index (Phi) is 3.29. The van der Waals surface area contributed by atoms with Crippen LogP contribution in [0, 0.1) is 0 Å². The van der Waals surface area contributed by atoms with Gasteiger partial charge < -0.3 is 0 Å². The average molecular weight is 189 g/mol. The summed E-state index contributed by atoms with van der Waals surface area (Å²) in [5.74, 6) is 0.0764. The Bertz CT molecular complexity index is 240. The number of piperidine rings is 1. The molecule has 12 heavy (non-hydrogen) atoms. The normalized spacial score (nSPS) is 20.7. The van der Waals surface area contributed by atoms with Gasteiger partial charge in [-0.2, -0.15) is 0 Å². The molecule has 1 rings (SSSR count). The largest absolute Gasteiger partial charge is 0.217 e. The van der Waals surface area contributed by atoms with Crippen molar-refractivity contribution in [3.63, 3.8) is 0 Å². The van der Waals surface area contributed by atoms with Gasteiger partial charge >= 0.3 is 0 Å². The Morgan fingerprint density at radius 3 is 2.33 bits per heavy atom. The van der Waals surface area contributed by atoms with E-state index in [4.69, 9.17) is 0 Å². The first-order valence-electron chi connectivity index (χ1n) is 4.25. The molecule has 1 aliphatic heterocycles. The Morgan fingerprint density at radius 1 is 1.25 bits per heavy atom. The van der Waals surface area contributed by atoms with Crippen LogP contribution in [0.25, 0.3) is 0 Å². The molecule has 0 atom stereocenters. The minimum absolute atomic E-state index is 0.0764. The van der Waals surface area contributed by atoms with Crippen molar-refractivity contribution in [1.29, 1.82) is 0 Å². The fourth-order valence-electron chi connectivity index (χ4n) is 1.40. The number of hydrogen-bond acceptors (Lipinski definition) is 2. The first-order valence-corrected chi connectivity index (χ1v) is 5.86. The van der Waals surface area contributed by atoms with Crippen LogP contribution in [-0.4, -0.2) is 31.6 Å². The van der Waals surface area contributed by atoms with E-state index in [-0.39, 0.29) is 5.75 Å². The van der Waals surface area contributed by atoms with E-state index in [1.165, 1.54) is 6.08 Å². The van der Waals surface area contributed by atoms with Crippen molar-refractivity contribution in [3.8, 4) is 0 Å². The van der Waals surface area contributed by atoms with Crippen molar-refractivity contribution in [2.45, 2.75) is 19.3 Å². The summed E-state index contributed by atoms with van der Waals surface area (Å²) >= 11 is 0. The lowest BCUT2D eigenvalue weighted by Crippen LogP contribution is -2.36. The Balaban J connectivity index is 2.60. The topological polar surface area (TPSA) is 37.4 Å². The van der Waals surface area contributed by atoms with Crippen molar-refractivity contribution in [2.75, 3.05) is 18.8 Å². The van der Waals surface area contributed by atoms with E-state index in [0.717, 1.165) is 19.3 Å². The molecular weight excluding hydrogens is 174 g/mol. The zero-order valence-corrected chi connectivity index (χ0v) is 8.02. The van der Waals surface area contributed by atoms with Crippen LogP contribution in [0.5, 0.6) is 0 Å². The maximum atomic E-state index is 11.4. The van der Waals surface area contributed by atoms with Crippen LogP contribution >= 0.6 is 0 Å². The van der Waals surface area contributed by atoms with Gasteiger partial charge in [-0.3, -0.25) is 0 Å². The van der Waals surface area contributed by atoms with Crippen molar-refractivity contribution in [3.05, 3.63) is 12.7 Å². The highest BCUT2D eigenvalue weighted by atomic mass is 32.2. The molecule has 1 heterocycles. The standard InChI is InChI=1S/C8H15NO2S/c1-2-8-12(10,11)9-6-4-3-5-7-9/h2H,1,3-8H2. The van der Waals surface area contributed by atoms with Crippen molar-refractivity contribution in [2.24, 2.45) is 0 Å². The molecule has 1 saturated heterocycles. The second kappa shape index (κ2) is 4.05. The molecule has 0 amide bonds. The van der Waals surface area contributed by atoms with Crippen LogP contribution in [0.2, 0.25) is 0 Å². The molecule has 0 bridgehead atoms. The summed E-state index contributed by atoms with van der Waals surface area (Å²) in [6, 6.07) is 0. The minimum atomic E-state index is -3.02. The molecule has 0 saturated carbocycles. The van der Waals surface area contributed by atoms with E-state index in [9.17, 15) is 8.42 Å². The monoisotopic (exact) mass is 189 g/mol. The van der Waals surface area contributed by atoms with Gasteiger partial charge in [0.1, 0.15) is 0 Å². The fourth-order valence-corrected chi connectivity index (χ4v) is 2.72. The molecule has 4 heteroatoms. The highest BCUT2D eigenvalue weighted by molar-refractivity contribution is 7.89. The molecule has 70 valence electrons. The third kappa shape index (κ3) is 2.32. The summed E-state index contributed by atoms with van der Waals surface area (Å²) in [6.07, 6.45) is 4.59. The fraction of sp³-hybridized carbons (Fsp3) is 0.750. The van der Waals surface area contributed by atoms with E-state index in [0.29, 0.717) is 13.1 Å². The van der Waals surface area contributed by atoms with E-state index < -0.39 is 10.0 Å². The van der Waals surface area contributed by atoms with Gasteiger partial charge in [0.05, 0.1) is 5.75 Å². The van der Waals surface area contributed by atoms with Crippen molar-refractivity contribution >= 4 is 10.0 Å². The summed E-state index contributed by atoms with van der Waals surface area (Å²) in [5, 5.41) is 0. The predicted octanol–water partition coefficient (Wildman–Crippen LogP) is 0.988. The number of rotatable bonds is 3. The molecular formula is C8H15NO2S. The van der Waals surface area contributed by atoms with E-state index >= 15 is 0 Å². The zero-order chi connectivity index (χ0) is 9.03. The van der Waals surface area contributed by atoms with Gasteiger partial charge in [0.2, 0.25) is 10.0 Å². The molecule has 0 aromatic heterocycles. The van der Waals surface area contributed by atoms with Gasteiger partial charge in [-0.05, 0) is 12.8 Å². The second-order valence-corrected chi connectivity index (χ2v) is 5.04. The molecule has 0 radical (unpaired) electrons. The average Bonchev–Trinajstić information content (AvgIpc) is 2.06. The van der Waals surface area contributed by atoms with Crippen LogP contribution < -0.4 is 0 Å². The zero-order valence-electron chi connectivity index (χ0n) is 7.20. The summed E-state index contributed by atoms with van der Waals surface area (Å²) in [7, 11) is -3.02. The molecule has 0 unspecified atom stereocenters. The molecule has 0 N–H and O–H groups in total. The highest BCUT2D eigenvalue weighted by Crippen LogP contribution is 2.13. The number of nitrogens with zero attached hydrogens (tertiary/aromatic N) is 1. The molecule has 0 aromatic rings. The maximum Gasteiger partial charge on any atom is 0.217 e.